The van der Waals surface area contributed by atoms with Gasteiger partial charge in [-0.3, -0.25) is 14.1 Å². The van der Waals surface area contributed by atoms with Crippen LogP contribution in [0.3, 0.4) is 0 Å². The van der Waals surface area contributed by atoms with Crippen LogP contribution < -0.4 is 9.80 Å². The molecule has 0 aliphatic carbocycles. The molecule has 0 bridgehead atoms. The molecule has 3 heterocycles. The van der Waals surface area contributed by atoms with Gasteiger partial charge in [-0.15, -0.1) is 0 Å². The van der Waals surface area contributed by atoms with Gasteiger partial charge in [-0.25, -0.2) is 0 Å². The number of aryl methyl sites for hydroxylation is 1. The van der Waals surface area contributed by atoms with E-state index in [2.05, 4.69) is 35.0 Å². The fourth-order valence-corrected chi connectivity index (χ4v) is 6.46. The summed E-state index contributed by atoms with van der Waals surface area (Å²) < 4.78 is 6.71. The van der Waals surface area contributed by atoms with Crippen LogP contribution in [0.1, 0.15) is 67.4 Å². The smallest absolute Gasteiger partial charge is 0.315 e. The molecule has 6 heteroatoms. The van der Waals surface area contributed by atoms with Gasteiger partial charge in [0, 0.05) is 51.0 Å². The van der Waals surface area contributed by atoms with Gasteiger partial charge < -0.3 is 14.5 Å². The Morgan fingerprint density at radius 3 is 2.57 bits per heavy atom. The van der Waals surface area contributed by atoms with E-state index in [4.69, 9.17) is 4.74 Å². The number of carbonyl (C=O) groups excluding carboxylic acids is 2. The Bertz CT molecular complexity index is 1170. The minimum absolute atomic E-state index is 0.155. The largest absolute Gasteiger partial charge is 0.415 e. The summed E-state index contributed by atoms with van der Waals surface area (Å²) in [7, 11) is 2.19. The first kappa shape index (κ1) is 25.8. The Morgan fingerprint density at radius 1 is 1.08 bits per heavy atom. The Kier molecular flexibility index (Phi) is 6.82. The normalized spacial score (nSPS) is 24.5. The summed E-state index contributed by atoms with van der Waals surface area (Å²) in [5.74, 6) is 0.449. The first-order valence-electron chi connectivity index (χ1n) is 13.8. The second-order valence-electron chi connectivity index (χ2n) is 12.5. The summed E-state index contributed by atoms with van der Waals surface area (Å²) in [4.78, 5) is 30.7. The number of ketones is 1. The van der Waals surface area contributed by atoms with Gasteiger partial charge >= 0.3 is 5.97 Å². The molecule has 198 valence electrons. The van der Waals surface area contributed by atoms with E-state index in [1.54, 1.807) is 0 Å². The van der Waals surface area contributed by atoms with E-state index in [0.29, 0.717) is 25.1 Å². The zero-order valence-electron chi connectivity index (χ0n) is 23.1. The molecule has 3 aliphatic heterocycles. The van der Waals surface area contributed by atoms with E-state index in [-0.39, 0.29) is 11.8 Å². The van der Waals surface area contributed by atoms with Crippen molar-refractivity contribution in [3.05, 3.63) is 59.2 Å². The fraction of sp³-hybridized carbons (Fsp3) is 0.548. The minimum atomic E-state index is -0.529. The van der Waals surface area contributed by atoms with E-state index in [0.717, 1.165) is 61.2 Å². The van der Waals surface area contributed by atoms with E-state index < -0.39 is 5.41 Å². The predicted octanol–water partition coefficient (Wildman–Crippen LogP) is 5.15. The molecule has 1 saturated heterocycles. The molecular formula is C31H42N3O3+. The van der Waals surface area contributed by atoms with Crippen molar-refractivity contribution in [3.8, 4) is 0 Å². The lowest BCUT2D eigenvalue weighted by atomic mass is 9.87. The number of anilines is 2. The Hall–Kier alpha value is -2.86. The number of likely N-dealkylation sites (tertiary alicyclic amines) is 1. The third kappa shape index (κ3) is 5.00. The van der Waals surface area contributed by atoms with E-state index >= 15 is 0 Å². The van der Waals surface area contributed by atoms with Crippen LogP contribution in [0.25, 0.3) is 0 Å². The number of quaternary nitrogens is 1. The van der Waals surface area contributed by atoms with Gasteiger partial charge in [0.25, 0.3) is 0 Å². The highest BCUT2D eigenvalue weighted by Gasteiger charge is 2.50. The summed E-state index contributed by atoms with van der Waals surface area (Å²) in [5.41, 5.74) is 5.60. The van der Waals surface area contributed by atoms with E-state index in [1.807, 2.05) is 52.0 Å². The number of Topliss-reactive ketones (excluding diaryl/α,β-unsaturated/α-hetero) is 1. The molecule has 3 atom stereocenters. The molecule has 0 amide bonds. The van der Waals surface area contributed by atoms with Crippen LogP contribution >= 0.6 is 0 Å². The number of fused-ring (bicyclic) bond motifs is 3. The molecule has 2 aromatic carbocycles. The SMILES string of the molecule is Cc1ccc(C(=O)CCC[N+]2(COC(=O)C(C)(C)C)CC[C@H]3[C@@H](C2)c2cccc4c2N3CCN4C)cc1. The Balaban J connectivity index is 1.35. The zero-order valence-corrected chi connectivity index (χ0v) is 23.1. The molecule has 1 unspecified atom stereocenters. The number of carbonyl (C=O) groups is 2. The van der Waals surface area contributed by atoms with Crippen molar-refractivity contribution in [1.29, 1.82) is 0 Å². The van der Waals surface area contributed by atoms with Crippen LogP contribution in [-0.4, -0.2) is 68.8 Å². The molecule has 37 heavy (non-hydrogen) atoms. The van der Waals surface area contributed by atoms with Gasteiger partial charge in [0.2, 0.25) is 6.73 Å². The lowest BCUT2D eigenvalue weighted by molar-refractivity contribution is -0.949. The number of hydrogen-bond donors (Lipinski definition) is 0. The van der Waals surface area contributed by atoms with Crippen molar-refractivity contribution < 1.29 is 18.8 Å². The predicted molar refractivity (Wildman–Crippen MR) is 148 cm³/mol. The van der Waals surface area contributed by atoms with Crippen LogP contribution in [0, 0.1) is 12.3 Å². The first-order chi connectivity index (χ1) is 17.6. The summed E-state index contributed by atoms with van der Waals surface area (Å²) in [6, 6.07) is 15.1. The number of para-hydroxylation sites is 1. The minimum Gasteiger partial charge on any atom is -0.415 e. The number of nitrogens with zero attached hydrogens (tertiary/aromatic N) is 3. The van der Waals surface area contributed by atoms with Gasteiger partial charge in [-0.2, -0.15) is 0 Å². The monoisotopic (exact) mass is 504 g/mol. The quantitative estimate of drug-likeness (QED) is 0.297. The van der Waals surface area contributed by atoms with Gasteiger partial charge in [-0.05, 0) is 39.3 Å². The summed E-state index contributed by atoms with van der Waals surface area (Å²) >= 11 is 0. The van der Waals surface area contributed by atoms with Crippen molar-refractivity contribution in [2.75, 3.05) is 56.3 Å². The molecule has 0 saturated carbocycles. The van der Waals surface area contributed by atoms with Gasteiger partial charge in [-0.1, -0.05) is 42.0 Å². The van der Waals surface area contributed by atoms with Crippen LogP contribution in [0.15, 0.2) is 42.5 Å². The maximum absolute atomic E-state index is 12.9. The van der Waals surface area contributed by atoms with Gasteiger partial charge in [0.1, 0.15) is 0 Å². The summed E-state index contributed by atoms with van der Waals surface area (Å²) in [6.07, 6.45) is 2.38. The lowest BCUT2D eigenvalue weighted by Crippen LogP contribution is -2.60. The number of likely N-dealkylation sites (N-methyl/N-ethyl adjacent to an activating group) is 1. The van der Waals surface area contributed by atoms with E-state index in [9.17, 15) is 9.59 Å². The average Bonchev–Trinajstić information content (AvgIpc) is 3.18. The Morgan fingerprint density at radius 2 is 1.84 bits per heavy atom. The number of piperidine rings is 1. The second-order valence-corrected chi connectivity index (χ2v) is 12.5. The highest BCUT2D eigenvalue weighted by atomic mass is 16.5. The average molecular weight is 505 g/mol. The number of benzene rings is 2. The molecular weight excluding hydrogens is 462 g/mol. The van der Waals surface area contributed by atoms with Gasteiger partial charge in [0.15, 0.2) is 5.78 Å². The molecule has 5 rings (SSSR count). The maximum Gasteiger partial charge on any atom is 0.315 e. The van der Waals surface area contributed by atoms with Crippen LogP contribution in [0.4, 0.5) is 11.4 Å². The number of rotatable bonds is 7. The molecule has 1 fully saturated rings. The lowest BCUT2D eigenvalue weighted by Gasteiger charge is -2.47. The molecule has 0 radical (unpaired) electrons. The topological polar surface area (TPSA) is 49.9 Å². The fourth-order valence-electron chi connectivity index (χ4n) is 6.46. The third-order valence-corrected chi connectivity index (χ3v) is 8.66. The zero-order chi connectivity index (χ0) is 26.4. The van der Waals surface area contributed by atoms with Crippen molar-refractivity contribution in [2.45, 2.75) is 58.9 Å². The van der Waals surface area contributed by atoms with Crippen LogP contribution in [-0.2, 0) is 9.53 Å². The number of hydrogen-bond acceptors (Lipinski definition) is 5. The third-order valence-electron chi connectivity index (χ3n) is 8.66. The molecule has 0 N–H and O–H groups in total. The van der Waals surface area contributed by atoms with Gasteiger partial charge in [0.05, 0.1) is 42.3 Å². The van der Waals surface area contributed by atoms with Crippen molar-refractivity contribution in [1.82, 2.24) is 0 Å². The molecule has 6 nitrogen and oxygen atoms in total. The van der Waals surface area contributed by atoms with E-state index in [1.165, 1.54) is 16.9 Å². The standard InChI is InChI=1S/C31H42N3O3/c1-22-11-13-23(14-12-22)28(35)10-7-18-34(21-37-30(36)31(2,3)4)19-15-26-25(20-34)24-8-6-9-27-29(24)33(26)17-16-32(27)5/h6,8-9,11-14,25-26H,7,10,15-21H2,1-5H3/q+1/t25-,26-,34?/m0/s1. The first-order valence-corrected chi connectivity index (χ1v) is 13.8. The highest BCUT2D eigenvalue weighted by molar-refractivity contribution is 5.96. The molecule has 3 aliphatic rings. The molecule has 2 aromatic rings. The van der Waals surface area contributed by atoms with Crippen LogP contribution in [0.5, 0.6) is 0 Å². The molecule has 0 aromatic heterocycles. The number of ether oxygens (including phenoxy) is 1. The van der Waals surface area contributed by atoms with Crippen LogP contribution in [0.2, 0.25) is 0 Å². The summed E-state index contributed by atoms with van der Waals surface area (Å²) in [5, 5.41) is 0. The second kappa shape index (κ2) is 9.79. The summed E-state index contributed by atoms with van der Waals surface area (Å²) in [6.45, 7) is 13.0. The van der Waals surface area contributed by atoms with Crippen molar-refractivity contribution in [3.63, 3.8) is 0 Å². The maximum atomic E-state index is 12.9. The van der Waals surface area contributed by atoms with Crippen molar-refractivity contribution in [2.24, 2.45) is 5.41 Å². The van der Waals surface area contributed by atoms with Crippen molar-refractivity contribution >= 4 is 23.1 Å². The Labute approximate surface area is 221 Å². The molecule has 0 spiro atoms. The highest BCUT2D eigenvalue weighted by Crippen LogP contribution is 2.51. The number of esters is 1.